The first-order valence-corrected chi connectivity index (χ1v) is 10.8. The Balaban J connectivity index is 1.51. The van der Waals surface area contributed by atoms with Gasteiger partial charge in [0.25, 0.3) is 5.91 Å². The first-order chi connectivity index (χ1) is 14.5. The van der Waals surface area contributed by atoms with Crippen LogP contribution in [0.25, 0.3) is 0 Å². The molecule has 8 heteroatoms. The largest absolute Gasteiger partial charge is 0.327 e. The summed E-state index contributed by atoms with van der Waals surface area (Å²) < 4.78 is 0. The topological polar surface area (TPSA) is 92.2 Å². The lowest BCUT2D eigenvalue weighted by atomic mass is 9.99. The van der Waals surface area contributed by atoms with E-state index in [4.69, 9.17) is 9.97 Å². The zero-order valence-corrected chi connectivity index (χ0v) is 17.5. The van der Waals surface area contributed by atoms with Crippen LogP contribution in [-0.2, 0) is 11.2 Å². The predicted molar refractivity (Wildman–Crippen MR) is 110 cm³/mol. The monoisotopic (exact) mass is 406 g/mol. The van der Waals surface area contributed by atoms with Crippen LogP contribution < -0.4 is 4.90 Å². The van der Waals surface area contributed by atoms with Crippen LogP contribution >= 0.6 is 0 Å². The van der Waals surface area contributed by atoms with Crippen LogP contribution in [0.2, 0.25) is 0 Å². The van der Waals surface area contributed by atoms with Gasteiger partial charge in [0, 0.05) is 36.5 Å². The lowest BCUT2D eigenvalue weighted by Crippen LogP contribution is -2.41. The number of nitrogens with zero attached hydrogens (tertiary/aromatic N) is 6. The first-order valence-electron chi connectivity index (χ1n) is 10.8. The molecule has 3 aliphatic rings. The number of likely N-dealkylation sites (tertiary alicyclic amines) is 1. The lowest BCUT2D eigenvalue weighted by molar-refractivity contribution is -0.119. The number of rotatable bonds is 3. The molecule has 8 nitrogen and oxygen atoms in total. The van der Waals surface area contributed by atoms with Crippen LogP contribution in [0, 0.1) is 13.8 Å². The third-order valence-corrected chi connectivity index (χ3v) is 6.27. The number of hydrogen-bond acceptors (Lipinski definition) is 6. The zero-order valence-electron chi connectivity index (χ0n) is 17.5. The Bertz CT molecular complexity index is 1000. The molecule has 0 N–H and O–H groups in total. The molecule has 1 aliphatic carbocycles. The molecular weight excluding hydrogens is 380 g/mol. The van der Waals surface area contributed by atoms with Crippen molar-refractivity contribution in [1.29, 1.82) is 0 Å². The Kier molecular flexibility index (Phi) is 4.72. The molecule has 0 spiro atoms. The van der Waals surface area contributed by atoms with Gasteiger partial charge in [-0.25, -0.2) is 15.0 Å². The van der Waals surface area contributed by atoms with Crippen molar-refractivity contribution in [1.82, 2.24) is 24.8 Å². The Morgan fingerprint density at radius 1 is 1.03 bits per heavy atom. The van der Waals surface area contributed by atoms with Gasteiger partial charge in [0.05, 0.1) is 17.9 Å². The maximum absolute atomic E-state index is 13.2. The van der Waals surface area contributed by atoms with Crippen LogP contribution in [0.5, 0.6) is 0 Å². The maximum Gasteiger partial charge on any atom is 0.274 e. The van der Waals surface area contributed by atoms with Crippen molar-refractivity contribution >= 4 is 17.6 Å². The minimum absolute atomic E-state index is 0.138. The van der Waals surface area contributed by atoms with Gasteiger partial charge in [0.2, 0.25) is 5.91 Å². The lowest BCUT2D eigenvalue weighted by Gasteiger charge is -2.36. The molecule has 5 rings (SSSR count). The van der Waals surface area contributed by atoms with E-state index in [1.807, 2.05) is 23.6 Å². The number of carbonyl (C=O) groups is 2. The predicted octanol–water partition coefficient (Wildman–Crippen LogP) is 2.69. The van der Waals surface area contributed by atoms with Crippen molar-refractivity contribution in [3.8, 4) is 0 Å². The van der Waals surface area contributed by atoms with Gasteiger partial charge in [-0.15, -0.1) is 0 Å². The maximum atomic E-state index is 13.2. The molecule has 0 aromatic carbocycles. The van der Waals surface area contributed by atoms with Crippen LogP contribution in [0.3, 0.4) is 0 Å². The second kappa shape index (κ2) is 7.41. The number of fused-ring (bicyclic) bond motifs is 1. The first kappa shape index (κ1) is 19.1. The van der Waals surface area contributed by atoms with Gasteiger partial charge in [-0.3, -0.25) is 19.5 Å². The summed E-state index contributed by atoms with van der Waals surface area (Å²) in [5.74, 6) is 1.42. The minimum atomic E-state index is -0.212. The van der Waals surface area contributed by atoms with E-state index in [0.717, 1.165) is 54.9 Å². The number of aromatic nitrogens is 4. The normalized spacial score (nSPS) is 21.5. The van der Waals surface area contributed by atoms with Gasteiger partial charge in [-0.2, -0.15) is 0 Å². The molecule has 0 unspecified atom stereocenters. The number of anilines is 1. The summed E-state index contributed by atoms with van der Waals surface area (Å²) in [5.41, 5.74) is 3.11. The Hall–Kier alpha value is -2.90. The summed E-state index contributed by atoms with van der Waals surface area (Å²) in [6.07, 6.45) is 9.19. The van der Waals surface area contributed by atoms with E-state index in [1.165, 1.54) is 6.20 Å². The Labute approximate surface area is 175 Å². The van der Waals surface area contributed by atoms with E-state index in [1.54, 1.807) is 6.20 Å². The number of hydrogen-bond donors (Lipinski definition) is 0. The summed E-state index contributed by atoms with van der Waals surface area (Å²) in [6.45, 7) is 4.48. The third-order valence-electron chi connectivity index (χ3n) is 6.27. The molecule has 2 aliphatic heterocycles. The third kappa shape index (κ3) is 3.34. The highest BCUT2D eigenvalue weighted by Crippen LogP contribution is 2.39. The molecule has 2 aromatic heterocycles. The number of amides is 2. The SMILES string of the molecule is Cc1cnc(C(=O)N2CCCC[C@@H]2c2nc(C)c3c(n2)N(C2CC2)C(=O)CC3)cn1. The van der Waals surface area contributed by atoms with Crippen LogP contribution in [0.1, 0.15) is 77.8 Å². The number of carbonyl (C=O) groups excluding carboxylic acids is 2. The number of piperidine rings is 1. The number of aryl methyl sites for hydroxylation is 2. The van der Waals surface area contributed by atoms with Crippen molar-refractivity contribution in [3.05, 3.63) is 40.9 Å². The average molecular weight is 406 g/mol. The summed E-state index contributed by atoms with van der Waals surface area (Å²) in [6, 6.07) is 0.0575. The van der Waals surface area contributed by atoms with Gasteiger partial charge in [0.15, 0.2) is 5.82 Å². The molecule has 0 radical (unpaired) electrons. The van der Waals surface area contributed by atoms with E-state index in [9.17, 15) is 9.59 Å². The van der Waals surface area contributed by atoms with Crippen molar-refractivity contribution in [2.45, 2.75) is 70.9 Å². The van der Waals surface area contributed by atoms with E-state index >= 15 is 0 Å². The van der Waals surface area contributed by atoms with Crippen molar-refractivity contribution < 1.29 is 9.59 Å². The quantitative estimate of drug-likeness (QED) is 0.778. The van der Waals surface area contributed by atoms with Crippen LogP contribution in [-0.4, -0.2) is 49.2 Å². The second-order valence-corrected chi connectivity index (χ2v) is 8.52. The summed E-state index contributed by atoms with van der Waals surface area (Å²) in [7, 11) is 0. The van der Waals surface area contributed by atoms with Crippen molar-refractivity contribution in [2.75, 3.05) is 11.4 Å². The average Bonchev–Trinajstić information content (AvgIpc) is 3.58. The summed E-state index contributed by atoms with van der Waals surface area (Å²) in [4.78, 5) is 47.7. The molecular formula is C22H26N6O2. The Morgan fingerprint density at radius 2 is 1.87 bits per heavy atom. The minimum Gasteiger partial charge on any atom is -0.327 e. The van der Waals surface area contributed by atoms with Gasteiger partial charge in [-0.05, 0) is 52.4 Å². The highest BCUT2D eigenvalue weighted by Gasteiger charge is 2.40. The molecule has 4 heterocycles. The molecule has 1 saturated heterocycles. The van der Waals surface area contributed by atoms with Gasteiger partial charge in [-0.1, -0.05) is 0 Å². The second-order valence-electron chi connectivity index (χ2n) is 8.52. The molecule has 2 fully saturated rings. The molecule has 156 valence electrons. The van der Waals surface area contributed by atoms with E-state index in [2.05, 4.69) is 9.97 Å². The molecule has 1 saturated carbocycles. The fraction of sp³-hybridized carbons (Fsp3) is 0.545. The summed E-state index contributed by atoms with van der Waals surface area (Å²) >= 11 is 0. The van der Waals surface area contributed by atoms with E-state index < -0.39 is 0 Å². The molecule has 30 heavy (non-hydrogen) atoms. The summed E-state index contributed by atoms with van der Waals surface area (Å²) in [5, 5.41) is 0. The fourth-order valence-corrected chi connectivity index (χ4v) is 4.52. The highest BCUT2D eigenvalue weighted by atomic mass is 16.2. The van der Waals surface area contributed by atoms with Gasteiger partial charge < -0.3 is 4.90 Å². The standard InChI is InChI=1S/C22H26N6O2/c1-13-11-24-17(12-23-13)22(30)27-10-4-3-5-18(27)20-25-14(2)16-8-9-19(29)28(15-6-7-15)21(16)26-20/h11-12,15,18H,3-10H2,1-2H3/t18-/m1/s1. The van der Waals surface area contributed by atoms with Gasteiger partial charge in [0.1, 0.15) is 11.5 Å². The van der Waals surface area contributed by atoms with Crippen molar-refractivity contribution in [2.24, 2.45) is 0 Å². The smallest absolute Gasteiger partial charge is 0.274 e. The van der Waals surface area contributed by atoms with Gasteiger partial charge >= 0.3 is 0 Å². The van der Waals surface area contributed by atoms with Crippen molar-refractivity contribution in [3.63, 3.8) is 0 Å². The fourth-order valence-electron chi connectivity index (χ4n) is 4.52. The van der Waals surface area contributed by atoms with E-state index in [0.29, 0.717) is 30.9 Å². The van der Waals surface area contributed by atoms with E-state index in [-0.39, 0.29) is 23.9 Å². The highest BCUT2D eigenvalue weighted by molar-refractivity contribution is 5.96. The zero-order chi connectivity index (χ0) is 20.8. The Morgan fingerprint density at radius 3 is 2.60 bits per heavy atom. The van der Waals surface area contributed by atoms with Crippen LogP contribution in [0.15, 0.2) is 12.4 Å². The molecule has 2 amide bonds. The van der Waals surface area contributed by atoms with Crippen LogP contribution in [0.4, 0.5) is 5.82 Å². The molecule has 2 aromatic rings. The molecule has 1 atom stereocenters. The molecule has 0 bridgehead atoms.